The molecule has 0 amide bonds. The molecule has 1 aromatic carbocycles. The zero-order valence-electron chi connectivity index (χ0n) is 14.0. The predicted molar refractivity (Wildman–Crippen MR) is 97.0 cm³/mol. The van der Waals surface area contributed by atoms with Crippen molar-refractivity contribution in [1.29, 1.82) is 0 Å². The highest BCUT2D eigenvalue weighted by atomic mass is 15.2. The smallest absolute Gasteiger partial charge is 0.0924 e. The first-order valence-corrected chi connectivity index (χ1v) is 8.59. The van der Waals surface area contributed by atoms with Crippen molar-refractivity contribution in [2.24, 2.45) is 0 Å². The summed E-state index contributed by atoms with van der Waals surface area (Å²) in [5.74, 6) is 0. The molecule has 24 heavy (non-hydrogen) atoms. The maximum Gasteiger partial charge on any atom is 0.0924 e. The van der Waals surface area contributed by atoms with Crippen LogP contribution in [0.4, 0.5) is 5.69 Å². The zero-order chi connectivity index (χ0) is 16.4. The van der Waals surface area contributed by atoms with Gasteiger partial charge in [-0.3, -0.25) is 10.1 Å². The van der Waals surface area contributed by atoms with Crippen LogP contribution in [0, 0.1) is 0 Å². The van der Waals surface area contributed by atoms with E-state index in [0.29, 0.717) is 0 Å². The first-order valence-electron chi connectivity index (χ1n) is 8.59. The van der Waals surface area contributed by atoms with Crippen LogP contribution in [-0.4, -0.2) is 22.2 Å². The molecular weight excluding hydrogens is 296 g/mol. The van der Waals surface area contributed by atoms with Crippen LogP contribution in [-0.2, 0) is 19.4 Å². The van der Waals surface area contributed by atoms with E-state index in [1.54, 1.807) is 0 Å². The SMILES string of the molecule is CN(Cc1cc(-c2ccccc2)n[nH]1)c1ccnc2c1CCCC2. The first kappa shape index (κ1) is 14.9. The molecule has 4 rings (SSSR count). The van der Waals surface area contributed by atoms with Gasteiger partial charge in [-0.2, -0.15) is 5.10 Å². The standard InChI is InChI=1S/C20H22N4/c1-24(20-11-12-21-18-10-6-5-9-17(18)20)14-16-13-19(23-22-16)15-7-3-2-4-8-15/h2-4,7-8,11-13H,5-6,9-10,14H2,1H3,(H,22,23). The summed E-state index contributed by atoms with van der Waals surface area (Å²) in [6.45, 7) is 0.816. The first-order chi connectivity index (χ1) is 11.8. The number of rotatable bonds is 4. The molecule has 0 bridgehead atoms. The number of fused-ring (bicyclic) bond motifs is 1. The molecule has 0 unspecified atom stereocenters. The number of H-pyrrole nitrogens is 1. The van der Waals surface area contributed by atoms with Crippen LogP contribution in [0.25, 0.3) is 11.3 Å². The molecule has 1 aliphatic rings. The van der Waals surface area contributed by atoms with Crippen molar-refractivity contribution in [3.05, 3.63) is 65.6 Å². The van der Waals surface area contributed by atoms with Crippen LogP contribution in [0.15, 0.2) is 48.7 Å². The van der Waals surface area contributed by atoms with Gasteiger partial charge in [0.2, 0.25) is 0 Å². The van der Waals surface area contributed by atoms with Crippen LogP contribution < -0.4 is 4.90 Å². The van der Waals surface area contributed by atoms with E-state index in [9.17, 15) is 0 Å². The third-order valence-corrected chi connectivity index (χ3v) is 4.73. The minimum Gasteiger partial charge on any atom is -0.368 e. The Morgan fingerprint density at radius 2 is 1.92 bits per heavy atom. The fourth-order valence-corrected chi connectivity index (χ4v) is 3.50. The molecule has 2 aromatic heterocycles. The van der Waals surface area contributed by atoms with E-state index in [4.69, 9.17) is 0 Å². The lowest BCUT2D eigenvalue weighted by atomic mass is 9.94. The third kappa shape index (κ3) is 2.92. The second-order valence-corrected chi connectivity index (χ2v) is 6.46. The molecule has 1 N–H and O–H groups in total. The van der Waals surface area contributed by atoms with E-state index in [0.717, 1.165) is 36.3 Å². The van der Waals surface area contributed by atoms with Crippen LogP contribution >= 0.6 is 0 Å². The zero-order valence-corrected chi connectivity index (χ0v) is 14.0. The van der Waals surface area contributed by atoms with E-state index in [2.05, 4.69) is 51.4 Å². The number of nitrogens with one attached hydrogen (secondary N) is 1. The van der Waals surface area contributed by atoms with Gasteiger partial charge in [0.15, 0.2) is 0 Å². The Labute approximate surface area is 142 Å². The van der Waals surface area contributed by atoms with E-state index in [1.807, 2.05) is 24.4 Å². The number of aryl methyl sites for hydroxylation is 1. The molecule has 2 heterocycles. The molecule has 0 saturated heterocycles. The van der Waals surface area contributed by atoms with Gasteiger partial charge in [-0.15, -0.1) is 0 Å². The largest absolute Gasteiger partial charge is 0.368 e. The molecule has 0 radical (unpaired) electrons. The second kappa shape index (κ2) is 6.48. The van der Waals surface area contributed by atoms with Crippen LogP contribution in [0.5, 0.6) is 0 Å². The van der Waals surface area contributed by atoms with E-state index >= 15 is 0 Å². The van der Waals surface area contributed by atoms with Gasteiger partial charge in [0.05, 0.1) is 17.9 Å². The lowest BCUT2D eigenvalue weighted by Crippen LogP contribution is -2.20. The maximum absolute atomic E-state index is 4.57. The van der Waals surface area contributed by atoms with Gasteiger partial charge in [-0.25, -0.2) is 0 Å². The molecule has 4 heteroatoms. The van der Waals surface area contributed by atoms with Crippen molar-refractivity contribution < 1.29 is 0 Å². The van der Waals surface area contributed by atoms with Crippen molar-refractivity contribution in [3.63, 3.8) is 0 Å². The van der Waals surface area contributed by atoms with E-state index in [-0.39, 0.29) is 0 Å². The monoisotopic (exact) mass is 318 g/mol. The quantitative estimate of drug-likeness (QED) is 0.791. The highest BCUT2D eigenvalue weighted by molar-refractivity contribution is 5.60. The Hall–Kier alpha value is -2.62. The van der Waals surface area contributed by atoms with E-state index in [1.165, 1.54) is 29.8 Å². The summed E-state index contributed by atoms with van der Waals surface area (Å²) in [5, 5.41) is 7.63. The van der Waals surface area contributed by atoms with Crippen molar-refractivity contribution in [1.82, 2.24) is 15.2 Å². The summed E-state index contributed by atoms with van der Waals surface area (Å²) < 4.78 is 0. The molecule has 122 valence electrons. The Balaban J connectivity index is 1.55. The number of pyridine rings is 1. The molecular formula is C20H22N4. The number of nitrogens with zero attached hydrogens (tertiary/aromatic N) is 3. The van der Waals surface area contributed by atoms with Gasteiger partial charge in [0, 0.05) is 30.2 Å². The maximum atomic E-state index is 4.57. The summed E-state index contributed by atoms with van der Waals surface area (Å²) >= 11 is 0. The van der Waals surface area contributed by atoms with Crippen molar-refractivity contribution in [2.45, 2.75) is 32.2 Å². The lowest BCUT2D eigenvalue weighted by Gasteiger charge is -2.25. The molecule has 4 nitrogen and oxygen atoms in total. The molecule has 0 aliphatic heterocycles. The van der Waals surface area contributed by atoms with Gasteiger partial charge in [0.25, 0.3) is 0 Å². The highest BCUT2D eigenvalue weighted by Crippen LogP contribution is 2.29. The Morgan fingerprint density at radius 1 is 1.08 bits per heavy atom. The molecule has 0 saturated carbocycles. The minimum atomic E-state index is 0.816. The topological polar surface area (TPSA) is 44.8 Å². The Bertz CT molecular complexity index is 823. The summed E-state index contributed by atoms with van der Waals surface area (Å²) in [6, 6.07) is 14.6. The van der Waals surface area contributed by atoms with Crippen molar-refractivity contribution in [2.75, 3.05) is 11.9 Å². The Morgan fingerprint density at radius 3 is 2.79 bits per heavy atom. The average Bonchev–Trinajstić information content (AvgIpc) is 3.10. The van der Waals surface area contributed by atoms with Gasteiger partial charge in [-0.05, 0) is 43.4 Å². The Kier molecular flexibility index (Phi) is 4.03. The van der Waals surface area contributed by atoms with Gasteiger partial charge < -0.3 is 4.90 Å². The second-order valence-electron chi connectivity index (χ2n) is 6.46. The number of hydrogen-bond acceptors (Lipinski definition) is 3. The van der Waals surface area contributed by atoms with Gasteiger partial charge in [0.1, 0.15) is 0 Å². The fraction of sp³-hybridized carbons (Fsp3) is 0.300. The van der Waals surface area contributed by atoms with Gasteiger partial charge >= 0.3 is 0 Å². The van der Waals surface area contributed by atoms with Crippen LogP contribution in [0.2, 0.25) is 0 Å². The number of hydrogen-bond donors (Lipinski definition) is 1. The molecule has 0 spiro atoms. The van der Waals surface area contributed by atoms with E-state index < -0.39 is 0 Å². The normalized spacial score (nSPS) is 13.5. The summed E-state index contributed by atoms with van der Waals surface area (Å²) in [7, 11) is 2.15. The number of anilines is 1. The van der Waals surface area contributed by atoms with Gasteiger partial charge in [-0.1, -0.05) is 30.3 Å². The molecule has 3 aromatic rings. The highest BCUT2D eigenvalue weighted by Gasteiger charge is 2.17. The summed E-state index contributed by atoms with van der Waals surface area (Å²) in [6.07, 6.45) is 6.72. The number of benzene rings is 1. The van der Waals surface area contributed by atoms with Crippen molar-refractivity contribution >= 4 is 5.69 Å². The van der Waals surface area contributed by atoms with Crippen molar-refractivity contribution in [3.8, 4) is 11.3 Å². The lowest BCUT2D eigenvalue weighted by molar-refractivity contribution is 0.664. The molecule has 1 aliphatic carbocycles. The fourth-order valence-electron chi connectivity index (χ4n) is 3.50. The summed E-state index contributed by atoms with van der Waals surface area (Å²) in [5.41, 5.74) is 7.27. The average molecular weight is 318 g/mol. The predicted octanol–water partition coefficient (Wildman–Crippen LogP) is 3.99. The third-order valence-electron chi connectivity index (χ3n) is 4.73. The minimum absolute atomic E-state index is 0.816. The summed E-state index contributed by atoms with van der Waals surface area (Å²) in [4.78, 5) is 6.87. The van der Waals surface area contributed by atoms with Crippen LogP contribution in [0.1, 0.15) is 29.8 Å². The molecule has 0 atom stereocenters. The molecule has 0 fully saturated rings. The number of aromatic nitrogens is 3. The van der Waals surface area contributed by atoms with Crippen LogP contribution in [0.3, 0.4) is 0 Å². The number of aromatic amines is 1.